The van der Waals surface area contributed by atoms with E-state index in [-0.39, 0.29) is 6.09 Å². The van der Waals surface area contributed by atoms with Crippen molar-refractivity contribution in [2.45, 2.75) is 71.4 Å². The first kappa shape index (κ1) is 15.6. The van der Waals surface area contributed by atoms with Crippen LogP contribution in [-0.4, -0.2) is 42.8 Å². The third kappa shape index (κ3) is 4.37. The zero-order valence-corrected chi connectivity index (χ0v) is 13.3. The Labute approximate surface area is 123 Å². The van der Waals surface area contributed by atoms with Gasteiger partial charge in [0, 0.05) is 25.2 Å². The average molecular weight is 282 g/mol. The Morgan fingerprint density at radius 3 is 2.25 bits per heavy atom. The number of likely N-dealkylation sites (tertiary alicyclic amines) is 1. The second kappa shape index (κ2) is 6.79. The number of nitrogens with one attached hydrogen (secondary N) is 1. The highest BCUT2D eigenvalue weighted by Gasteiger charge is 2.29. The van der Waals surface area contributed by atoms with Gasteiger partial charge in [0.05, 0.1) is 6.61 Å². The van der Waals surface area contributed by atoms with Crippen LogP contribution in [0.25, 0.3) is 0 Å². The van der Waals surface area contributed by atoms with Crippen molar-refractivity contribution in [3.05, 3.63) is 0 Å². The van der Waals surface area contributed by atoms with Gasteiger partial charge in [-0.3, -0.25) is 0 Å². The van der Waals surface area contributed by atoms with E-state index in [1.165, 1.54) is 25.7 Å². The minimum atomic E-state index is -0.148. The predicted octanol–water partition coefficient (Wildman–Crippen LogP) is 3.17. The monoisotopic (exact) mass is 282 g/mol. The topological polar surface area (TPSA) is 41.6 Å². The fourth-order valence-corrected chi connectivity index (χ4v) is 3.34. The second-order valence-corrected chi connectivity index (χ2v) is 7.07. The fourth-order valence-electron chi connectivity index (χ4n) is 3.34. The van der Waals surface area contributed by atoms with Gasteiger partial charge in [-0.25, -0.2) is 4.79 Å². The summed E-state index contributed by atoms with van der Waals surface area (Å²) >= 11 is 0. The van der Waals surface area contributed by atoms with Crippen LogP contribution >= 0.6 is 0 Å². The lowest BCUT2D eigenvalue weighted by Crippen LogP contribution is -2.49. The maximum Gasteiger partial charge on any atom is 0.409 e. The average Bonchev–Trinajstić information content (AvgIpc) is 2.42. The molecule has 0 radical (unpaired) electrons. The summed E-state index contributed by atoms with van der Waals surface area (Å²) in [6, 6.07) is 1.26. The van der Waals surface area contributed by atoms with Crippen molar-refractivity contribution >= 4 is 6.09 Å². The third-order valence-electron chi connectivity index (χ3n) is 4.83. The van der Waals surface area contributed by atoms with Gasteiger partial charge in [-0.05, 0) is 50.9 Å². The standard InChI is InChI=1S/C16H30N2O2/c1-4-20-15(19)18-11-7-14(8-12-18)17-13-5-9-16(2,3)10-6-13/h13-14,17H,4-12H2,1-3H3. The maximum absolute atomic E-state index is 11.6. The highest BCUT2D eigenvalue weighted by atomic mass is 16.6. The van der Waals surface area contributed by atoms with Gasteiger partial charge in [0.25, 0.3) is 0 Å². The van der Waals surface area contributed by atoms with E-state index in [0.717, 1.165) is 25.9 Å². The molecule has 0 aromatic heterocycles. The van der Waals surface area contributed by atoms with Crippen molar-refractivity contribution in [1.29, 1.82) is 0 Å². The highest BCUT2D eigenvalue weighted by Crippen LogP contribution is 2.35. The van der Waals surface area contributed by atoms with E-state index in [9.17, 15) is 4.79 Å². The summed E-state index contributed by atoms with van der Waals surface area (Å²) in [7, 11) is 0. The normalized spacial score (nSPS) is 24.6. The summed E-state index contributed by atoms with van der Waals surface area (Å²) < 4.78 is 5.06. The van der Waals surface area contributed by atoms with Gasteiger partial charge >= 0.3 is 6.09 Å². The molecule has 1 aliphatic carbocycles. The van der Waals surface area contributed by atoms with Crippen molar-refractivity contribution in [3.8, 4) is 0 Å². The number of hydrogen-bond donors (Lipinski definition) is 1. The van der Waals surface area contributed by atoms with Crippen molar-refractivity contribution < 1.29 is 9.53 Å². The molecule has 0 atom stereocenters. The molecule has 1 N–H and O–H groups in total. The van der Waals surface area contributed by atoms with Crippen molar-refractivity contribution in [1.82, 2.24) is 10.2 Å². The minimum absolute atomic E-state index is 0.148. The number of rotatable bonds is 3. The van der Waals surface area contributed by atoms with Gasteiger partial charge in [-0.1, -0.05) is 13.8 Å². The first-order valence-corrected chi connectivity index (χ1v) is 8.18. The molecule has 0 unspecified atom stereocenters. The van der Waals surface area contributed by atoms with E-state index in [2.05, 4.69) is 19.2 Å². The summed E-state index contributed by atoms with van der Waals surface area (Å²) in [5.74, 6) is 0. The molecule has 20 heavy (non-hydrogen) atoms. The number of ether oxygens (including phenoxy) is 1. The molecule has 2 fully saturated rings. The molecular weight excluding hydrogens is 252 g/mol. The number of amides is 1. The number of carbonyl (C=O) groups is 1. The molecule has 0 spiro atoms. The number of hydrogen-bond acceptors (Lipinski definition) is 3. The molecule has 116 valence electrons. The molecule has 1 saturated heterocycles. The number of carbonyl (C=O) groups excluding carboxylic acids is 1. The zero-order valence-electron chi connectivity index (χ0n) is 13.3. The molecule has 0 bridgehead atoms. The second-order valence-electron chi connectivity index (χ2n) is 7.07. The van der Waals surface area contributed by atoms with Crippen LogP contribution in [-0.2, 0) is 4.74 Å². The van der Waals surface area contributed by atoms with Crippen LogP contribution in [0.2, 0.25) is 0 Å². The Hall–Kier alpha value is -0.770. The van der Waals surface area contributed by atoms with Crippen LogP contribution < -0.4 is 5.32 Å². The summed E-state index contributed by atoms with van der Waals surface area (Å²) in [6.07, 6.45) is 7.21. The van der Waals surface area contributed by atoms with E-state index in [4.69, 9.17) is 4.74 Å². The first-order chi connectivity index (χ1) is 9.50. The quantitative estimate of drug-likeness (QED) is 0.864. The van der Waals surface area contributed by atoms with Crippen LogP contribution in [0, 0.1) is 5.41 Å². The lowest BCUT2D eigenvalue weighted by atomic mass is 9.75. The third-order valence-corrected chi connectivity index (χ3v) is 4.83. The SMILES string of the molecule is CCOC(=O)N1CCC(NC2CCC(C)(C)CC2)CC1. The van der Waals surface area contributed by atoms with Crippen LogP contribution in [0.5, 0.6) is 0 Å². The van der Waals surface area contributed by atoms with Gasteiger partial charge in [0.15, 0.2) is 0 Å². The first-order valence-electron chi connectivity index (χ1n) is 8.18. The summed E-state index contributed by atoms with van der Waals surface area (Å²) in [5.41, 5.74) is 0.533. The predicted molar refractivity (Wildman–Crippen MR) is 80.8 cm³/mol. The summed E-state index contributed by atoms with van der Waals surface area (Å²) in [6.45, 7) is 8.73. The zero-order chi connectivity index (χ0) is 14.6. The van der Waals surface area contributed by atoms with Crippen molar-refractivity contribution in [3.63, 3.8) is 0 Å². The lowest BCUT2D eigenvalue weighted by molar-refractivity contribution is 0.0923. The van der Waals surface area contributed by atoms with Crippen LogP contribution in [0.1, 0.15) is 59.3 Å². The van der Waals surface area contributed by atoms with Gasteiger partial charge < -0.3 is 15.0 Å². The molecule has 2 aliphatic rings. The number of nitrogens with zero attached hydrogens (tertiary/aromatic N) is 1. The molecule has 1 heterocycles. The lowest BCUT2D eigenvalue weighted by Gasteiger charge is -2.38. The van der Waals surface area contributed by atoms with E-state index in [0.29, 0.717) is 24.1 Å². The van der Waals surface area contributed by atoms with Gasteiger partial charge in [0.2, 0.25) is 0 Å². The van der Waals surface area contributed by atoms with E-state index >= 15 is 0 Å². The Balaban J connectivity index is 1.68. The van der Waals surface area contributed by atoms with E-state index < -0.39 is 0 Å². The largest absolute Gasteiger partial charge is 0.450 e. The smallest absolute Gasteiger partial charge is 0.409 e. The van der Waals surface area contributed by atoms with Crippen molar-refractivity contribution in [2.24, 2.45) is 5.41 Å². The van der Waals surface area contributed by atoms with Crippen LogP contribution in [0.15, 0.2) is 0 Å². The molecule has 0 aromatic carbocycles. The van der Waals surface area contributed by atoms with E-state index in [1.807, 2.05) is 11.8 Å². The van der Waals surface area contributed by atoms with Gasteiger partial charge in [0.1, 0.15) is 0 Å². The van der Waals surface area contributed by atoms with Gasteiger partial charge in [-0.15, -0.1) is 0 Å². The fraction of sp³-hybridized carbons (Fsp3) is 0.938. The van der Waals surface area contributed by atoms with Crippen LogP contribution in [0.3, 0.4) is 0 Å². The molecule has 1 saturated carbocycles. The van der Waals surface area contributed by atoms with Crippen molar-refractivity contribution in [2.75, 3.05) is 19.7 Å². The van der Waals surface area contributed by atoms with Gasteiger partial charge in [-0.2, -0.15) is 0 Å². The maximum atomic E-state index is 11.6. The number of piperidine rings is 1. The molecule has 1 aliphatic heterocycles. The molecule has 4 heteroatoms. The Kier molecular flexibility index (Phi) is 5.30. The summed E-state index contributed by atoms with van der Waals surface area (Å²) in [5, 5.41) is 3.81. The molecule has 4 nitrogen and oxygen atoms in total. The minimum Gasteiger partial charge on any atom is -0.450 e. The molecular formula is C16H30N2O2. The Bertz CT molecular complexity index is 312. The molecule has 1 amide bonds. The Morgan fingerprint density at radius 1 is 1.15 bits per heavy atom. The van der Waals surface area contributed by atoms with Crippen LogP contribution in [0.4, 0.5) is 4.79 Å². The summed E-state index contributed by atoms with van der Waals surface area (Å²) in [4.78, 5) is 13.5. The molecule has 0 aromatic rings. The Morgan fingerprint density at radius 2 is 1.70 bits per heavy atom. The van der Waals surface area contributed by atoms with E-state index in [1.54, 1.807) is 0 Å². The highest BCUT2D eigenvalue weighted by molar-refractivity contribution is 5.67. The molecule has 2 rings (SSSR count).